The largest absolute Gasteiger partial charge is 0.481 e. The van der Waals surface area contributed by atoms with Crippen LogP contribution in [0, 0.1) is 0 Å². The number of anilines is 1. The van der Waals surface area contributed by atoms with Crippen LogP contribution in [-0.2, 0) is 4.74 Å². The van der Waals surface area contributed by atoms with Crippen LogP contribution in [-0.4, -0.2) is 29.5 Å². The number of rotatable bonds is 5. The van der Waals surface area contributed by atoms with Crippen molar-refractivity contribution in [1.29, 1.82) is 0 Å². The summed E-state index contributed by atoms with van der Waals surface area (Å²) in [5.41, 5.74) is 2.68. The Kier molecular flexibility index (Phi) is 5.38. The molecule has 7 heteroatoms. The minimum Gasteiger partial charge on any atom is -0.481 e. The lowest BCUT2D eigenvalue weighted by atomic mass is 10.0. The van der Waals surface area contributed by atoms with Gasteiger partial charge in [0.05, 0.1) is 12.8 Å². The van der Waals surface area contributed by atoms with Crippen molar-refractivity contribution >= 4 is 23.5 Å². The highest BCUT2D eigenvalue weighted by molar-refractivity contribution is 6.30. The van der Waals surface area contributed by atoms with Crippen molar-refractivity contribution in [3.05, 3.63) is 75.7 Å². The minimum atomic E-state index is -0.308. The number of hydrogen-bond donors (Lipinski definition) is 1. The van der Waals surface area contributed by atoms with Crippen LogP contribution in [0.2, 0.25) is 5.02 Å². The van der Waals surface area contributed by atoms with E-state index in [4.69, 9.17) is 21.1 Å². The monoisotopic (exact) mass is 409 g/mol. The number of halogens is 1. The lowest BCUT2D eigenvalue weighted by Crippen LogP contribution is -2.31. The van der Waals surface area contributed by atoms with Crippen LogP contribution in [0.3, 0.4) is 0 Å². The predicted molar refractivity (Wildman–Crippen MR) is 115 cm³/mol. The van der Waals surface area contributed by atoms with Gasteiger partial charge in [0.1, 0.15) is 12.0 Å². The molecule has 0 saturated carbocycles. The molecule has 0 amide bonds. The van der Waals surface area contributed by atoms with E-state index in [0.29, 0.717) is 34.6 Å². The molecule has 0 bridgehead atoms. The number of pyridine rings is 2. The van der Waals surface area contributed by atoms with Crippen LogP contribution >= 0.6 is 11.6 Å². The number of ether oxygens (including phenoxy) is 2. The molecule has 0 spiro atoms. The molecule has 2 aromatic heterocycles. The van der Waals surface area contributed by atoms with Crippen LogP contribution in [0.25, 0.3) is 22.9 Å². The SMILES string of the molecule is CCOC1C=Cc2cc(-c3ccnc(OC)c3)c(=O)n(-c3ccc(Cl)cc3)c2N1. The summed E-state index contributed by atoms with van der Waals surface area (Å²) < 4.78 is 12.5. The number of nitrogens with one attached hydrogen (secondary N) is 1. The first-order chi connectivity index (χ1) is 14.1. The summed E-state index contributed by atoms with van der Waals surface area (Å²) in [6, 6.07) is 12.6. The third kappa shape index (κ3) is 3.77. The Balaban J connectivity index is 1.95. The third-order valence-corrected chi connectivity index (χ3v) is 4.90. The van der Waals surface area contributed by atoms with Crippen molar-refractivity contribution in [3.8, 4) is 22.7 Å². The first-order valence-corrected chi connectivity index (χ1v) is 9.61. The van der Waals surface area contributed by atoms with E-state index in [-0.39, 0.29) is 11.8 Å². The Morgan fingerprint density at radius 2 is 2.00 bits per heavy atom. The van der Waals surface area contributed by atoms with Crippen molar-refractivity contribution in [2.75, 3.05) is 19.0 Å². The van der Waals surface area contributed by atoms with Gasteiger partial charge in [-0.1, -0.05) is 17.7 Å². The maximum absolute atomic E-state index is 13.6. The normalized spacial score (nSPS) is 14.9. The molecule has 1 aliphatic heterocycles. The fourth-order valence-corrected chi connectivity index (χ4v) is 3.42. The quantitative estimate of drug-likeness (QED) is 0.678. The Morgan fingerprint density at radius 3 is 2.72 bits per heavy atom. The summed E-state index contributed by atoms with van der Waals surface area (Å²) in [5.74, 6) is 1.12. The number of benzene rings is 1. The van der Waals surface area contributed by atoms with Gasteiger partial charge in [-0.05, 0) is 55.0 Å². The van der Waals surface area contributed by atoms with Crippen molar-refractivity contribution in [1.82, 2.24) is 9.55 Å². The molecule has 1 aliphatic rings. The zero-order chi connectivity index (χ0) is 20.4. The molecule has 0 fully saturated rings. The Labute approximate surface area is 173 Å². The molecule has 1 N–H and O–H groups in total. The summed E-state index contributed by atoms with van der Waals surface area (Å²) in [7, 11) is 1.55. The number of aromatic nitrogens is 2. The van der Waals surface area contributed by atoms with E-state index in [0.717, 1.165) is 11.1 Å². The highest BCUT2D eigenvalue weighted by Crippen LogP contribution is 2.30. The Bertz CT molecular complexity index is 1120. The number of fused-ring (bicyclic) bond motifs is 1. The van der Waals surface area contributed by atoms with Crippen LogP contribution < -0.4 is 15.6 Å². The van der Waals surface area contributed by atoms with Gasteiger partial charge in [0.15, 0.2) is 0 Å². The van der Waals surface area contributed by atoms with Gasteiger partial charge in [0.25, 0.3) is 5.56 Å². The van der Waals surface area contributed by atoms with Gasteiger partial charge in [-0.3, -0.25) is 9.36 Å². The molecule has 0 saturated heterocycles. The van der Waals surface area contributed by atoms with Crippen LogP contribution in [0.4, 0.5) is 5.82 Å². The van der Waals surface area contributed by atoms with E-state index in [9.17, 15) is 4.79 Å². The molecule has 29 heavy (non-hydrogen) atoms. The first-order valence-electron chi connectivity index (χ1n) is 9.23. The zero-order valence-electron chi connectivity index (χ0n) is 16.1. The lowest BCUT2D eigenvalue weighted by Gasteiger charge is -2.26. The summed E-state index contributed by atoms with van der Waals surface area (Å²) in [6.07, 6.45) is 5.20. The molecule has 6 nitrogen and oxygen atoms in total. The van der Waals surface area contributed by atoms with Gasteiger partial charge in [0, 0.05) is 35.0 Å². The summed E-state index contributed by atoms with van der Waals surface area (Å²) in [4.78, 5) is 17.7. The highest BCUT2D eigenvalue weighted by atomic mass is 35.5. The van der Waals surface area contributed by atoms with Gasteiger partial charge in [-0.15, -0.1) is 0 Å². The number of nitrogens with zero attached hydrogens (tertiary/aromatic N) is 2. The predicted octanol–water partition coefficient (Wildman–Crippen LogP) is 4.36. The molecule has 3 heterocycles. The molecular weight excluding hydrogens is 390 g/mol. The molecule has 1 atom stereocenters. The van der Waals surface area contributed by atoms with Crippen molar-refractivity contribution < 1.29 is 9.47 Å². The average molecular weight is 410 g/mol. The molecule has 1 unspecified atom stereocenters. The summed E-state index contributed by atoms with van der Waals surface area (Å²) >= 11 is 6.05. The van der Waals surface area contributed by atoms with Crippen molar-refractivity contribution in [2.45, 2.75) is 13.2 Å². The Hall–Kier alpha value is -3.09. The van der Waals surface area contributed by atoms with Gasteiger partial charge in [-0.2, -0.15) is 0 Å². The van der Waals surface area contributed by atoms with E-state index in [2.05, 4.69) is 10.3 Å². The second-order valence-electron chi connectivity index (χ2n) is 6.45. The summed E-state index contributed by atoms with van der Waals surface area (Å²) in [6.45, 7) is 2.48. The minimum absolute atomic E-state index is 0.169. The second-order valence-corrected chi connectivity index (χ2v) is 6.88. The highest BCUT2D eigenvalue weighted by Gasteiger charge is 2.21. The molecule has 1 aromatic carbocycles. The smallest absolute Gasteiger partial charge is 0.264 e. The zero-order valence-corrected chi connectivity index (χ0v) is 16.8. The van der Waals surface area contributed by atoms with Gasteiger partial charge in [-0.25, -0.2) is 4.98 Å². The number of methoxy groups -OCH3 is 1. The van der Waals surface area contributed by atoms with Crippen molar-refractivity contribution in [2.24, 2.45) is 0 Å². The van der Waals surface area contributed by atoms with Crippen LogP contribution in [0.1, 0.15) is 12.5 Å². The molecule has 148 valence electrons. The van der Waals surface area contributed by atoms with E-state index >= 15 is 0 Å². The maximum atomic E-state index is 13.6. The van der Waals surface area contributed by atoms with Crippen molar-refractivity contribution in [3.63, 3.8) is 0 Å². The molecule has 0 radical (unpaired) electrons. The van der Waals surface area contributed by atoms with Gasteiger partial charge in [0.2, 0.25) is 5.88 Å². The fraction of sp³-hybridized carbons (Fsp3) is 0.182. The van der Waals surface area contributed by atoms with E-state index in [1.54, 1.807) is 42.1 Å². The van der Waals surface area contributed by atoms with Gasteiger partial charge >= 0.3 is 0 Å². The van der Waals surface area contributed by atoms with Crippen LogP contribution in [0.5, 0.6) is 5.88 Å². The first kappa shape index (κ1) is 19.2. The number of hydrogen-bond acceptors (Lipinski definition) is 5. The fourth-order valence-electron chi connectivity index (χ4n) is 3.29. The average Bonchev–Trinajstić information content (AvgIpc) is 2.74. The molecule has 4 rings (SSSR count). The third-order valence-electron chi connectivity index (χ3n) is 4.65. The standard InChI is InChI=1S/C22H20ClN3O3/c1-3-29-19-9-4-15-12-18(14-10-11-24-20(13-14)28-2)22(27)26(21(15)25-19)17-7-5-16(23)6-8-17/h4-13,19,25H,3H2,1-2H3. The topological polar surface area (TPSA) is 65.4 Å². The van der Waals surface area contributed by atoms with E-state index in [1.807, 2.05) is 37.3 Å². The van der Waals surface area contributed by atoms with Crippen LogP contribution in [0.15, 0.2) is 59.5 Å². The van der Waals surface area contributed by atoms with E-state index in [1.165, 1.54) is 0 Å². The lowest BCUT2D eigenvalue weighted by molar-refractivity contribution is 0.115. The molecule has 3 aromatic rings. The maximum Gasteiger partial charge on any atom is 0.264 e. The second kappa shape index (κ2) is 8.11. The molecule has 0 aliphatic carbocycles. The van der Waals surface area contributed by atoms with E-state index < -0.39 is 0 Å². The molecular formula is C22H20ClN3O3. The Morgan fingerprint density at radius 1 is 1.21 bits per heavy atom. The van der Waals surface area contributed by atoms with Gasteiger partial charge < -0.3 is 14.8 Å². The summed E-state index contributed by atoms with van der Waals surface area (Å²) in [5, 5.41) is 3.91.